The number of halogens is 2. The predicted octanol–water partition coefficient (Wildman–Crippen LogP) is 2.53. The van der Waals surface area contributed by atoms with Crippen molar-refractivity contribution in [3.63, 3.8) is 0 Å². The van der Waals surface area contributed by atoms with Crippen molar-refractivity contribution in [1.29, 1.82) is 0 Å². The van der Waals surface area contributed by atoms with Crippen molar-refractivity contribution in [2.24, 2.45) is 0 Å². The smallest absolute Gasteiger partial charge is 0.320 e. The number of carbonyl (C=O) groups is 1. The lowest BCUT2D eigenvalue weighted by Gasteiger charge is -2.05. The summed E-state index contributed by atoms with van der Waals surface area (Å²) in [5.41, 5.74) is 0.363. The molecule has 1 unspecified atom stereocenters. The monoisotopic (exact) mass is 220 g/mol. The van der Waals surface area contributed by atoms with Gasteiger partial charge in [-0.25, -0.2) is 4.39 Å². The molecule has 0 spiro atoms. The Hall–Kier alpha value is -0.740. The molecule has 1 atom stereocenters. The number of hydrogen-bond donors (Lipinski definition) is 2. The van der Waals surface area contributed by atoms with Crippen LogP contribution in [0.15, 0.2) is 18.2 Å². The Kier molecular flexibility index (Phi) is 3.17. The molecule has 0 aliphatic rings. The maximum absolute atomic E-state index is 12.7. The Morgan fingerprint density at radius 3 is 2.69 bits per heavy atom. The third-order valence-electron chi connectivity index (χ3n) is 1.49. The molecule has 70 valence electrons. The van der Waals surface area contributed by atoms with Gasteiger partial charge in [-0.2, -0.15) is 12.6 Å². The maximum Gasteiger partial charge on any atom is 0.320 e. The zero-order valence-electron chi connectivity index (χ0n) is 6.37. The zero-order valence-corrected chi connectivity index (χ0v) is 8.02. The van der Waals surface area contributed by atoms with E-state index in [1.165, 1.54) is 12.1 Å². The third-order valence-corrected chi connectivity index (χ3v) is 2.30. The molecule has 1 aromatic rings. The van der Waals surface area contributed by atoms with Crippen molar-refractivity contribution < 1.29 is 14.3 Å². The molecule has 0 saturated heterocycles. The average molecular weight is 221 g/mol. The van der Waals surface area contributed by atoms with Gasteiger partial charge in [0.1, 0.15) is 11.1 Å². The van der Waals surface area contributed by atoms with E-state index in [0.717, 1.165) is 6.07 Å². The summed E-state index contributed by atoms with van der Waals surface area (Å²) in [7, 11) is 0. The highest BCUT2D eigenvalue weighted by Gasteiger charge is 2.15. The summed E-state index contributed by atoms with van der Waals surface area (Å²) in [5, 5.41) is 7.51. The van der Waals surface area contributed by atoms with E-state index in [1.807, 2.05) is 0 Å². The van der Waals surface area contributed by atoms with Crippen LogP contribution in [0.3, 0.4) is 0 Å². The fraction of sp³-hybridized carbons (Fsp3) is 0.125. The second kappa shape index (κ2) is 3.98. The van der Waals surface area contributed by atoms with E-state index in [0.29, 0.717) is 5.56 Å². The summed E-state index contributed by atoms with van der Waals surface area (Å²) < 4.78 is 12.7. The fourth-order valence-corrected chi connectivity index (χ4v) is 1.17. The average Bonchev–Trinajstić information content (AvgIpc) is 2.08. The molecule has 0 heterocycles. The van der Waals surface area contributed by atoms with Gasteiger partial charge in [0.05, 0.1) is 5.02 Å². The van der Waals surface area contributed by atoms with Crippen LogP contribution in [0.2, 0.25) is 5.02 Å². The molecular weight excluding hydrogens is 215 g/mol. The molecule has 13 heavy (non-hydrogen) atoms. The van der Waals surface area contributed by atoms with Crippen molar-refractivity contribution in [3.05, 3.63) is 34.6 Å². The second-order valence-electron chi connectivity index (χ2n) is 2.41. The molecule has 5 heteroatoms. The molecule has 1 N–H and O–H groups in total. The molecule has 0 aliphatic carbocycles. The van der Waals surface area contributed by atoms with Crippen molar-refractivity contribution in [2.75, 3.05) is 0 Å². The largest absolute Gasteiger partial charge is 0.480 e. The minimum absolute atomic E-state index is 0.0993. The molecule has 0 aliphatic heterocycles. The lowest BCUT2D eigenvalue weighted by Crippen LogP contribution is -2.04. The number of benzene rings is 1. The van der Waals surface area contributed by atoms with Crippen LogP contribution >= 0.6 is 24.2 Å². The predicted molar refractivity (Wildman–Crippen MR) is 50.8 cm³/mol. The molecule has 0 saturated carbocycles. The van der Waals surface area contributed by atoms with Crippen LogP contribution < -0.4 is 0 Å². The normalized spacial score (nSPS) is 12.5. The zero-order chi connectivity index (χ0) is 10.0. The summed E-state index contributed by atoms with van der Waals surface area (Å²) in [6, 6.07) is 3.71. The summed E-state index contributed by atoms with van der Waals surface area (Å²) >= 11 is 9.28. The van der Waals surface area contributed by atoms with Crippen LogP contribution in [0.5, 0.6) is 0 Å². The van der Waals surface area contributed by atoms with E-state index in [4.69, 9.17) is 16.7 Å². The second-order valence-corrected chi connectivity index (χ2v) is 3.34. The molecule has 1 rings (SSSR count). The van der Waals surface area contributed by atoms with Gasteiger partial charge in [0.25, 0.3) is 0 Å². The van der Waals surface area contributed by atoms with Gasteiger partial charge in [-0.05, 0) is 17.7 Å². The van der Waals surface area contributed by atoms with Crippen LogP contribution in [0.25, 0.3) is 0 Å². The number of carboxylic acid groups (broad SMARTS) is 1. The van der Waals surface area contributed by atoms with E-state index in [1.54, 1.807) is 0 Å². The van der Waals surface area contributed by atoms with Crippen LogP contribution in [-0.4, -0.2) is 11.1 Å². The van der Waals surface area contributed by atoms with Crippen molar-refractivity contribution in [2.45, 2.75) is 5.25 Å². The van der Waals surface area contributed by atoms with E-state index >= 15 is 0 Å². The minimum atomic E-state index is -1.09. The molecule has 0 radical (unpaired) electrons. The molecule has 0 amide bonds. The van der Waals surface area contributed by atoms with Gasteiger partial charge in [0, 0.05) is 0 Å². The van der Waals surface area contributed by atoms with E-state index in [2.05, 4.69) is 12.6 Å². The highest BCUT2D eigenvalue weighted by molar-refractivity contribution is 7.81. The first kappa shape index (κ1) is 10.3. The van der Waals surface area contributed by atoms with Gasteiger partial charge in [-0.3, -0.25) is 4.79 Å². The van der Waals surface area contributed by atoms with Crippen molar-refractivity contribution in [1.82, 2.24) is 0 Å². The van der Waals surface area contributed by atoms with Gasteiger partial charge >= 0.3 is 5.97 Å². The number of hydrogen-bond acceptors (Lipinski definition) is 2. The summed E-state index contributed by atoms with van der Waals surface area (Å²) in [5.74, 6) is -1.66. The van der Waals surface area contributed by atoms with E-state index < -0.39 is 17.0 Å². The number of carboxylic acids is 1. The first-order valence-electron chi connectivity index (χ1n) is 3.38. The lowest BCUT2D eigenvalue weighted by atomic mass is 10.1. The topological polar surface area (TPSA) is 37.3 Å². The van der Waals surface area contributed by atoms with Crippen LogP contribution in [-0.2, 0) is 4.79 Å². The van der Waals surface area contributed by atoms with Gasteiger partial charge in [0.2, 0.25) is 0 Å². The Morgan fingerprint density at radius 1 is 1.62 bits per heavy atom. The summed E-state index contributed by atoms with van der Waals surface area (Å²) in [6.07, 6.45) is 0. The molecule has 1 aromatic carbocycles. The van der Waals surface area contributed by atoms with Gasteiger partial charge in [0.15, 0.2) is 0 Å². The van der Waals surface area contributed by atoms with Crippen molar-refractivity contribution in [3.8, 4) is 0 Å². The van der Waals surface area contributed by atoms with Crippen LogP contribution in [0.1, 0.15) is 10.8 Å². The number of thiol groups is 1. The minimum Gasteiger partial charge on any atom is -0.480 e. The number of aliphatic carboxylic acids is 1. The quantitative estimate of drug-likeness (QED) is 0.752. The molecule has 0 bridgehead atoms. The van der Waals surface area contributed by atoms with E-state index in [-0.39, 0.29) is 5.02 Å². The number of rotatable bonds is 2. The van der Waals surface area contributed by atoms with Crippen LogP contribution in [0, 0.1) is 5.82 Å². The summed E-state index contributed by atoms with van der Waals surface area (Å²) in [4.78, 5) is 10.5. The van der Waals surface area contributed by atoms with Gasteiger partial charge in [-0.15, -0.1) is 0 Å². The van der Waals surface area contributed by atoms with Crippen molar-refractivity contribution >= 4 is 30.2 Å². The molecular formula is C8H6ClFO2S. The van der Waals surface area contributed by atoms with Crippen LogP contribution in [0.4, 0.5) is 4.39 Å². The fourth-order valence-electron chi connectivity index (χ4n) is 0.825. The van der Waals surface area contributed by atoms with Gasteiger partial charge in [-0.1, -0.05) is 17.7 Å². The Balaban J connectivity index is 3.03. The molecule has 0 fully saturated rings. The molecule has 0 aromatic heterocycles. The maximum atomic E-state index is 12.7. The highest BCUT2D eigenvalue weighted by atomic mass is 35.5. The van der Waals surface area contributed by atoms with Gasteiger partial charge < -0.3 is 5.11 Å². The SMILES string of the molecule is O=C(O)C(S)c1ccc(F)c(Cl)c1. The Morgan fingerprint density at radius 2 is 2.23 bits per heavy atom. The van der Waals surface area contributed by atoms with E-state index in [9.17, 15) is 9.18 Å². The highest BCUT2D eigenvalue weighted by Crippen LogP contribution is 2.24. The molecule has 2 nitrogen and oxygen atoms in total. The first-order valence-corrected chi connectivity index (χ1v) is 4.27. The lowest BCUT2D eigenvalue weighted by molar-refractivity contribution is -0.136. The standard InChI is InChI=1S/C8H6ClFO2S/c9-5-3-4(1-2-6(5)10)7(13)8(11)12/h1-3,7,13H,(H,11,12). The Bertz CT molecular complexity index is 343. The first-order chi connectivity index (χ1) is 6.02. The summed E-state index contributed by atoms with van der Waals surface area (Å²) in [6.45, 7) is 0. The third kappa shape index (κ3) is 2.35. The Labute approximate surface area is 84.7 Å².